The Labute approximate surface area is 194 Å². The first-order chi connectivity index (χ1) is 16.1. The summed E-state index contributed by atoms with van der Waals surface area (Å²) in [5.74, 6) is 1.49. The van der Waals surface area contributed by atoms with Crippen molar-refractivity contribution in [1.82, 2.24) is 25.2 Å². The van der Waals surface area contributed by atoms with Crippen LogP contribution in [0.4, 0.5) is 16.2 Å². The summed E-state index contributed by atoms with van der Waals surface area (Å²) in [7, 11) is 3.00. The Morgan fingerprint density at radius 2 is 1.82 bits per heavy atom. The van der Waals surface area contributed by atoms with Crippen molar-refractivity contribution in [3.63, 3.8) is 0 Å². The van der Waals surface area contributed by atoms with E-state index in [1.54, 1.807) is 35.3 Å². The van der Waals surface area contributed by atoms with Crippen molar-refractivity contribution in [2.75, 3.05) is 24.9 Å². The lowest BCUT2D eigenvalue weighted by atomic mass is 10.2. The largest absolute Gasteiger partial charge is 0.495 e. The van der Waals surface area contributed by atoms with Gasteiger partial charge in [0.05, 0.1) is 31.5 Å². The molecule has 168 valence electrons. The number of ether oxygens (including phenoxy) is 2. The van der Waals surface area contributed by atoms with Gasteiger partial charge in [0.1, 0.15) is 11.5 Å². The van der Waals surface area contributed by atoms with Crippen LogP contribution in [0.15, 0.2) is 60.9 Å². The van der Waals surface area contributed by atoms with Gasteiger partial charge in [0.15, 0.2) is 5.82 Å². The van der Waals surface area contributed by atoms with E-state index in [9.17, 15) is 4.79 Å². The molecule has 0 spiro atoms. The number of rotatable bonds is 7. The Balaban J connectivity index is 1.47. The van der Waals surface area contributed by atoms with E-state index < -0.39 is 6.03 Å². The Bertz CT molecular complexity index is 1260. The third kappa shape index (κ3) is 5.18. The lowest BCUT2D eigenvalue weighted by molar-refractivity contribution is 0.262. The minimum absolute atomic E-state index is 0.349. The highest BCUT2D eigenvalue weighted by atomic mass is 35.5. The third-order valence-electron chi connectivity index (χ3n) is 4.71. The molecule has 4 rings (SSSR count). The van der Waals surface area contributed by atoms with Crippen LogP contribution in [-0.4, -0.2) is 45.4 Å². The highest BCUT2D eigenvalue weighted by Crippen LogP contribution is 2.36. The molecule has 2 amide bonds. The van der Waals surface area contributed by atoms with Gasteiger partial charge in [-0.1, -0.05) is 23.7 Å². The number of pyridine rings is 1. The molecule has 2 aromatic heterocycles. The minimum Gasteiger partial charge on any atom is -0.495 e. The molecular weight excluding hydrogens is 446 g/mol. The van der Waals surface area contributed by atoms with Gasteiger partial charge >= 0.3 is 6.03 Å². The summed E-state index contributed by atoms with van der Waals surface area (Å²) in [5.41, 5.74) is 2.77. The van der Waals surface area contributed by atoms with Gasteiger partial charge in [0.25, 0.3) is 0 Å². The Hall–Kier alpha value is -4.18. The average molecular weight is 466 g/mol. The van der Waals surface area contributed by atoms with E-state index in [4.69, 9.17) is 21.1 Å². The number of anilines is 2. The van der Waals surface area contributed by atoms with Gasteiger partial charge < -0.3 is 20.1 Å². The fourth-order valence-electron chi connectivity index (χ4n) is 3.18. The first-order valence-electron chi connectivity index (χ1n) is 9.82. The van der Waals surface area contributed by atoms with Crippen LogP contribution in [0.25, 0.3) is 11.4 Å². The van der Waals surface area contributed by atoms with E-state index in [0.29, 0.717) is 40.3 Å². The van der Waals surface area contributed by atoms with E-state index in [2.05, 4.69) is 31.1 Å². The van der Waals surface area contributed by atoms with Crippen LogP contribution in [0.5, 0.6) is 11.5 Å². The fraction of sp³-hybridized carbons (Fsp3) is 0.136. The third-order valence-corrected chi connectivity index (χ3v) is 5.01. The number of aromatic nitrogens is 5. The van der Waals surface area contributed by atoms with Gasteiger partial charge in [-0.05, 0) is 46.3 Å². The Kier molecular flexibility index (Phi) is 6.65. The molecule has 0 bridgehead atoms. The van der Waals surface area contributed by atoms with Crippen molar-refractivity contribution >= 4 is 29.0 Å². The van der Waals surface area contributed by atoms with Gasteiger partial charge in [-0.3, -0.25) is 4.98 Å². The number of tetrazole rings is 1. The van der Waals surface area contributed by atoms with E-state index in [-0.39, 0.29) is 0 Å². The Morgan fingerprint density at radius 3 is 2.58 bits per heavy atom. The standard InChI is InChI=1S/C22H20ClN7O3/c1-32-19-12-20(33-2)18(11-17(19)23)26-22(31)25-16-5-3-4-14(10-16)13-30-21(27-28-29-30)15-6-8-24-9-7-15/h3-12H,13H2,1-2H3,(H2,25,26,31). The number of methoxy groups -OCH3 is 2. The predicted octanol–water partition coefficient (Wildman–Crippen LogP) is 4.10. The molecule has 0 saturated carbocycles. The van der Waals surface area contributed by atoms with E-state index in [1.165, 1.54) is 14.2 Å². The monoisotopic (exact) mass is 465 g/mol. The van der Waals surface area contributed by atoms with Crippen LogP contribution < -0.4 is 20.1 Å². The SMILES string of the molecule is COc1cc(OC)c(NC(=O)Nc2cccc(Cn3nnnc3-c3ccncc3)c2)cc1Cl. The number of carbonyl (C=O) groups is 1. The summed E-state index contributed by atoms with van der Waals surface area (Å²) in [6.07, 6.45) is 3.37. The quantitative estimate of drug-likeness (QED) is 0.422. The van der Waals surface area contributed by atoms with Crippen molar-refractivity contribution in [2.45, 2.75) is 6.54 Å². The minimum atomic E-state index is -0.452. The van der Waals surface area contributed by atoms with E-state index in [1.807, 2.05) is 30.3 Å². The maximum absolute atomic E-state index is 12.6. The summed E-state index contributed by atoms with van der Waals surface area (Å²) in [6, 6.07) is 13.8. The summed E-state index contributed by atoms with van der Waals surface area (Å²) in [5, 5.41) is 17.8. The number of nitrogens with one attached hydrogen (secondary N) is 2. The molecule has 11 heteroatoms. The average Bonchev–Trinajstić information content (AvgIpc) is 3.28. The molecule has 4 aromatic rings. The second kappa shape index (κ2) is 9.96. The molecular formula is C22H20ClN7O3. The molecule has 0 atom stereocenters. The molecule has 0 radical (unpaired) electrons. The molecule has 0 aliphatic rings. The molecule has 2 N–H and O–H groups in total. The molecule has 2 heterocycles. The first kappa shape index (κ1) is 22.0. The van der Waals surface area contributed by atoms with Crippen LogP contribution in [-0.2, 0) is 6.54 Å². The lowest BCUT2D eigenvalue weighted by Gasteiger charge is -2.14. The zero-order chi connectivity index (χ0) is 23.2. The van der Waals surface area contributed by atoms with Gasteiger partial charge in [-0.2, -0.15) is 0 Å². The van der Waals surface area contributed by atoms with Crippen LogP contribution in [0.2, 0.25) is 5.02 Å². The molecule has 0 saturated heterocycles. The second-order valence-corrected chi connectivity index (χ2v) is 7.27. The normalized spacial score (nSPS) is 10.5. The molecule has 0 aliphatic heterocycles. The fourth-order valence-corrected chi connectivity index (χ4v) is 3.42. The summed E-state index contributed by atoms with van der Waals surface area (Å²) in [4.78, 5) is 16.6. The van der Waals surface area contributed by atoms with Crippen molar-refractivity contribution < 1.29 is 14.3 Å². The summed E-state index contributed by atoms with van der Waals surface area (Å²) < 4.78 is 12.2. The number of halogens is 1. The summed E-state index contributed by atoms with van der Waals surface area (Å²) in [6.45, 7) is 0.420. The maximum atomic E-state index is 12.6. The zero-order valence-electron chi connectivity index (χ0n) is 17.8. The van der Waals surface area contributed by atoms with Crippen molar-refractivity contribution in [3.8, 4) is 22.9 Å². The van der Waals surface area contributed by atoms with Crippen molar-refractivity contribution in [2.24, 2.45) is 0 Å². The molecule has 2 aromatic carbocycles. The number of hydrogen-bond donors (Lipinski definition) is 2. The molecule has 10 nitrogen and oxygen atoms in total. The van der Waals surface area contributed by atoms with Gasteiger partial charge in [-0.15, -0.1) is 5.10 Å². The highest BCUT2D eigenvalue weighted by Gasteiger charge is 2.13. The first-order valence-corrected chi connectivity index (χ1v) is 10.2. The van der Waals surface area contributed by atoms with Crippen LogP contribution in [0.3, 0.4) is 0 Å². The molecule has 0 fully saturated rings. The zero-order valence-corrected chi connectivity index (χ0v) is 18.6. The number of urea groups is 1. The topological polar surface area (TPSA) is 116 Å². The number of carbonyl (C=O) groups excluding carboxylic acids is 1. The molecule has 33 heavy (non-hydrogen) atoms. The number of hydrogen-bond acceptors (Lipinski definition) is 7. The molecule has 0 unspecified atom stereocenters. The lowest BCUT2D eigenvalue weighted by Crippen LogP contribution is -2.20. The maximum Gasteiger partial charge on any atom is 0.323 e. The number of benzene rings is 2. The van der Waals surface area contributed by atoms with Gasteiger partial charge in [0.2, 0.25) is 0 Å². The van der Waals surface area contributed by atoms with Crippen LogP contribution >= 0.6 is 11.6 Å². The predicted molar refractivity (Wildman–Crippen MR) is 124 cm³/mol. The van der Waals surface area contributed by atoms with Crippen molar-refractivity contribution in [1.29, 1.82) is 0 Å². The van der Waals surface area contributed by atoms with E-state index in [0.717, 1.165) is 11.1 Å². The highest BCUT2D eigenvalue weighted by molar-refractivity contribution is 6.32. The van der Waals surface area contributed by atoms with E-state index >= 15 is 0 Å². The summed E-state index contributed by atoms with van der Waals surface area (Å²) >= 11 is 6.17. The van der Waals surface area contributed by atoms with Gasteiger partial charge in [-0.25, -0.2) is 9.48 Å². The number of amides is 2. The van der Waals surface area contributed by atoms with Crippen molar-refractivity contribution in [3.05, 3.63) is 71.5 Å². The van der Waals surface area contributed by atoms with Crippen LogP contribution in [0, 0.1) is 0 Å². The van der Waals surface area contributed by atoms with Gasteiger partial charge in [0, 0.05) is 29.7 Å². The second-order valence-electron chi connectivity index (χ2n) is 6.86. The Morgan fingerprint density at radius 1 is 1.03 bits per heavy atom. The smallest absolute Gasteiger partial charge is 0.323 e. The molecule has 0 aliphatic carbocycles. The number of nitrogens with zero attached hydrogens (tertiary/aromatic N) is 5. The van der Waals surface area contributed by atoms with Crippen LogP contribution in [0.1, 0.15) is 5.56 Å².